The summed E-state index contributed by atoms with van der Waals surface area (Å²) in [5.74, 6) is -0.387. The van der Waals surface area contributed by atoms with Gasteiger partial charge in [-0.05, 0) is 47.7 Å². The maximum absolute atomic E-state index is 14.2. The van der Waals surface area contributed by atoms with Crippen molar-refractivity contribution in [1.82, 2.24) is 19.8 Å². The van der Waals surface area contributed by atoms with Crippen LogP contribution in [0.15, 0.2) is 36.9 Å². The normalized spacial score (nSPS) is 12.0. The molecule has 0 bridgehead atoms. The fourth-order valence-corrected chi connectivity index (χ4v) is 2.57. The second kappa shape index (κ2) is 8.45. The van der Waals surface area contributed by atoms with Gasteiger partial charge in [-0.1, -0.05) is 0 Å². The van der Waals surface area contributed by atoms with Crippen molar-refractivity contribution in [2.45, 2.75) is 13.0 Å². The Bertz CT molecular complexity index is 965. The van der Waals surface area contributed by atoms with Crippen LogP contribution in [0.2, 0.25) is 0 Å². The number of amides is 1. The van der Waals surface area contributed by atoms with E-state index in [4.69, 9.17) is 14.7 Å². The molecule has 11 heteroatoms. The number of ether oxygens (including phenoxy) is 1. The van der Waals surface area contributed by atoms with Gasteiger partial charge in [-0.3, -0.25) is 9.24 Å². The smallest absolute Gasteiger partial charge is 0.391 e. The summed E-state index contributed by atoms with van der Waals surface area (Å²) in [7, 11) is 0. The first-order valence-corrected chi connectivity index (χ1v) is 8.82. The van der Waals surface area contributed by atoms with Gasteiger partial charge >= 0.3 is 6.09 Å². The number of aliphatic hydroxyl groups is 1. The van der Waals surface area contributed by atoms with Crippen molar-refractivity contribution in [3.8, 4) is 5.88 Å². The van der Waals surface area contributed by atoms with Crippen LogP contribution in [-0.4, -0.2) is 38.3 Å². The minimum absolute atomic E-state index is 0.109. The zero-order valence-corrected chi connectivity index (χ0v) is 16.2. The molecule has 0 fully saturated rings. The number of fused-ring (bicyclic) bond motifs is 1. The first-order chi connectivity index (χ1) is 12.9. The van der Waals surface area contributed by atoms with E-state index in [1.807, 2.05) is 28.1 Å². The van der Waals surface area contributed by atoms with E-state index in [0.29, 0.717) is 5.52 Å². The van der Waals surface area contributed by atoms with Crippen molar-refractivity contribution in [3.63, 3.8) is 0 Å². The van der Waals surface area contributed by atoms with Gasteiger partial charge in [-0.25, -0.2) is 19.2 Å². The third-order valence-corrected chi connectivity index (χ3v) is 3.95. The predicted molar refractivity (Wildman–Crippen MR) is 102 cm³/mol. The van der Waals surface area contributed by atoms with Gasteiger partial charge in [-0.15, -0.1) is 0 Å². The fraction of sp³-hybridized carbons (Fsp3) is 0.188. The second-order valence-corrected chi connectivity index (χ2v) is 6.75. The van der Waals surface area contributed by atoms with E-state index in [9.17, 15) is 9.18 Å². The molecule has 1 amide bonds. The van der Waals surface area contributed by atoms with Gasteiger partial charge < -0.3 is 15.2 Å². The maximum atomic E-state index is 14.2. The summed E-state index contributed by atoms with van der Waals surface area (Å²) in [6.45, 7) is 1.39. The molecular formula is C16H15FIN5O4. The van der Waals surface area contributed by atoms with Crippen LogP contribution in [0.3, 0.4) is 0 Å². The SMILES string of the molecule is C[C@H](O)CONC(=O)Oc1ncc2cncn2c1Nc1ccc(I)cc1F. The van der Waals surface area contributed by atoms with Crippen molar-refractivity contribution < 1.29 is 23.9 Å². The van der Waals surface area contributed by atoms with Crippen molar-refractivity contribution >= 4 is 45.7 Å². The zero-order valence-electron chi connectivity index (χ0n) is 14.0. The van der Waals surface area contributed by atoms with Crippen LogP contribution in [0, 0.1) is 9.39 Å². The number of hydrogen-bond acceptors (Lipinski definition) is 7. The van der Waals surface area contributed by atoms with Crippen LogP contribution < -0.4 is 15.5 Å². The fourth-order valence-electron chi connectivity index (χ4n) is 2.11. The molecule has 0 saturated carbocycles. The highest BCUT2D eigenvalue weighted by molar-refractivity contribution is 14.1. The molecule has 1 aromatic carbocycles. The highest BCUT2D eigenvalue weighted by Gasteiger charge is 2.17. The summed E-state index contributed by atoms with van der Waals surface area (Å²) in [5.41, 5.74) is 2.81. The molecule has 0 unspecified atom stereocenters. The van der Waals surface area contributed by atoms with E-state index in [0.717, 1.165) is 3.57 Å². The number of nitrogens with one attached hydrogen (secondary N) is 2. The third-order valence-electron chi connectivity index (χ3n) is 3.28. The molecule has 0 aliphatic rings. The van der Waals surface area contributed by atoms with Crippen LogP contribution in [0.4, 0.5) is 20.7 Å². The number of carbonyl (C=O) groups is 1. The Morgan fingerprint density at radius 1 is 1.44 bits per heavy atom. The molecule has 0 saturated heterocycles. The average Bonchev–Trinajstić information content (AvgIpc) is 3.07. The Morgan fingerprint density at radius 3 is 3.00 bits per heavy atom. The van der Waals surface area contributed by atoms with Crippen LogP contribution in [0.25, 0.3) is 5.52 Å². The summed E-state index contributed by atoms with van der Waals surface area (Å²) in [6.07, 6.45) is 2.76. The summed E-state index contributed by atoms with van der Waals surface area (Å²) in [5, 5.41) is 12.0. The topological polar surface area (TPSA) is 110 Å². The molecule has 1 atom stereocenters. The quantitative estimate of drug-likeness (QED) is 0.362. The lowest BCUT2D eigenvalue weighted by Gasteiger charge is -2.14. The number of anilines is 2. The predicted octanol–water partition coefficient (Wildman–Crippen LogP) is 2.62. The van der Waals surface area contributed by atoms with E-state index in [1.165, 1.54) is 25.5 Å². The molecule has 3 aromatic rings. The van der Waals surface area contributed by atoms with Gasteiger partial charge in [0.15, 0.2) is 5.82 Å². The third kappa shape index (κ3) is 4.81. The highest BCUT2D eigenvalue weighted by atomic mass is 127. The molecule has 3 N–H and O–H groups in total. The Morgan fingerprint density at radius 2 is 2.26 bits per heavy atom. The molecule has 0 radical (unpaired) electrons. The zero-order chi connectivity index (χ0) is 19.4. The monoisotopic (exact) mass is 487 g/mol. The van der Waals surface area contributed by atoms with Crippen LogP contribution >= 0.6 is 22.6 Å². The van der Waals surface area contributed by atoms with Crippen LogP contribution in [0.5, 0.6) is 5.88 Å². The minimum atomic E-state index is -0.950. The van der Waals surface area contributed by atoms with E-state index in [2.05, 4.69) is 15.3 Å². The number of hydroxylamine groups is 1. The van der Waals surface area contributed by atoms with Gasteiger partial charge in [0, 0.05) is 3.57 Å². The molecule has 0 aliphatic carbocycles. The number of rotatable bonds is 6. The van der Waals surface area contributed by atoms with Gasteiger partial charge in [0.05, 0.1) is 29.7 Å². The molecule has 0 spiro atoms. The van der Waals surface area contributed by atoms with Gasteiger partial charge in [0.1, 0.15) is 18.8 Å². The van der Waals surface area contributed by atoms with E-state index in [-0.39, 0.29) is 24.0 Å². The highest BCUT2D eigenvalue weighted by Crippen LogP contribution is 2.28. The molecule has 142 valence electrons. The number of aliphatic hydroxyl groups excluding tert-OH is 1. The second-order valence-electron chi connectivity index (χ2n) is 5.50. The lowest BCUT2D eigenvalue weighted by Crippen LogP contribution is -2.30. The number of halogens is 2. The van der Waals surface area contributed by atoms with Gasteiger partial charge in [-0.2, -0.15) is 5.48 Å². The molecule has 2 heterocycles. The largest absolute Gasteiger partial charge is 0.438 e. The molecule has 3 rings (SSSR count). The van der Waals surface area contributed by atoms with Gasteiger partial charge in [0.25, 0.3) is 5.88 Å². The summed E-state index contributed by atoms with van der Waals surface area (Å²) < 4.78 is 21.7. The minimum Gasteiger partial charge on any atom is -0.391 e. The van der Waals surface area contributed by atoms with E-state index >= 15 is 0 Å². The van der Waals surface area contributed by atoms with Crippen molar-refractivity contribution in [3.05, 3.63) is 46.3 Å². The first-order valence-electron chi connectivity index (χ1n) is 7.75. The van der Waals surface area contributed by atoms with Crippen molar-refractivity contribution in [2.24, 2.45) is 0 Å². The number of benzene rings is 1. The Balaban J connectivity index is 1.87. The Labute approximate surface area is 166 Å². The summed E-state index contributed by atoms with van der Waals surface area (Å²) in [6, 6.07) is 4.65. The Hall–Kier alpha value is -2.51. The van der Waals surface area contributed by atoms with Crippen LogP contribution in [-0.2, 0) is 4.84 Å². The summed E-state index contributed by atoms with van der Waals surface area (Å²) >= 11 is 2.00. The number of aromatic nitrogens is 3. The molecule has 27 heavy (non-hydrogen) atoms. The Kier molecular flexibility index (Phi) is 6.03. The number of hydrogen-bond donors (Lipinski definition) is 3. The number of imidazole rings is 1. The average molecular weight is 487 g/mol. The van der Waals surface area contributed by atoms with Crippen molar-refractivity contribution in [2.75, 3.05) is 11.9 Å². The van der Waals surface area contributed by atoms with Crippen LogP contribution in [0.1, 0.15) is 6.92 Å². The maximum Gasteiger partial charge on any atom is 0.438 e. The van der Waals surface area contributed by atoms with E-state index < -0.39 is 18.0 Å². The molecule has 9 nitrogen and oxygen atoms in total. The molecule has 0 aliphatic heterocycles. The summed E-state index contributed by atoms with van der Waals surface area (Å²) in [4.78, 5) is 24.7. The lowest BCUT2D eigenvalue weighted by molar-refractivity contribution is -0.00444. The molecular weight excluding hydrogens is 472 g/mol. The van der Waals surface area contributed by atoms with Crippen molar-refractivity contribution in [1.29, 1.82) is 0 Å². The molecule has 2 aromatic heterocycles. The van der Waals surface area contributed by atoms with E-state index in [1.54, 1.807) is 22.7 Å². The first kappa shape index (κ1) is 19.3. The number of carbonyl (C=O) groups excluding carboxylic acids is 1. The number of nitrogens with zero attached hydrogens (tertiary/aromatic N) is 3. The standard InChI is InChI=1S/C16H15FIN5O4/c1-9(24)7-26-22-16(25)27-15-14(23-8-19-5-11(23)6-20-15)21-13-3-2-10(18)4-12(13)17/h2-6,8-9,21,24H,7H2,1H3,(H,22,25)/t9-/m0/s1. The lowest BCUT2D eigenvalue weighted by atomic mass is 10.3. The van der Waals surface area contributed by atoms with Gasteiger partial charge in [0.2, 0.25) is 0 Å².